The average molecular weight is 304 g/mol. The molecule has 0 heterocycles. The standard InChI is InChI=1S/C15H20ClF2NO/c1-10-5-6-11(17)12(13(10)18)14(20)19-9-15(2,3)7-4-8-16/h5-6H,4,7-9H2,1-3H3,(H,19,20). The highest BCUT2D eigenvalue weighted by Gasteiger charge is 2.22. The lowest BCUT2D eigenvalue weighted by molar-refractivity contribution is 0.0926. The predicted molar refractivity (Wildman–Crippen MR) is 77.2 cm³/mol. The summed E-state index contributed by atoms with van der Waals surface area (Å²) >= 11 is 5.64. The van der Waals surface area contributed by atoms with Crippen LogP contribution in [0.1, 0.15) is 42.6 Å². The molecule has 20 heavy (non-hydrogen) atoms. The molecule has 1 aromatic rings. The summed E-state index contributed by atoms with van der Waals surface area (Å²) in [5.74, 6) is -1.81. The minimum Gasteiger partial charge on any atom is -0.351 e. The Kier molecular flexibility index (Phi) is 5.93. The van der Waals surface area contributed by atoms with Gasteiger partial charge in [-0.3, -0.25) is 4.79 Å². The van der Waals surface area contributed by atoms with Crippen LogP contribution in [0.3, 0.4) is 0 Å². The molecule has 1 amide bonds. The SMILES string of the molecule is Cc1ccc(F)c(C(=O)NCC(C)(C)CCCCl)c1F. The smallest absolute Gasteiger partial charge is 0.257 e. The zero-order valence-electron chi connectivity index (χ0n) is 12.0. The highest BCUT2D eigenvalue weighted by Crippen LogP contribution is 2.22. The summed E-state index contributed by atoms with van der Waals surface area (Å²) in [6.07, 6.45) is 1.66. The first kappa shape index (κ1) is 16.9. The van der Waals surface area contributed by atoms with Crippen molar-refractivity contribution in [2.24, 2.45) is 5.41 Å². The zero-order valence-corrected chi connectivity index (χ0v) is 12.8. The van der Waals surface area contributed by atoms with E-state index in [2.05, 4.69) is 5.32 Å². The number of hydrogen-bond acceptors (Lipinski definition) is 1. The van der Waals surface area contributed by atoms with Crippen molar-refractivity contribution in [3.63, 3.8) is 0 Å². The van der Waals surface area contributed by atoms with Gasteiger partial charge in [0.1, 0.15) is 17.2 Å². The lowest BCUT2D eigenvalue weighted by Crippen LogP contribution is -2.35. The fourth-order valence-corrected chi connectivity index (χ4v) is 2.04. The molecule has 0 radical (unpaired) electrons. The Bertz CT molecular complexity index is 489. The molecule has 0 aliphatic heterocycles. The molecule has 0 saturated heterocycles. The molecule has 0 bridgehead atoms. The molecule has 5 heteroatoms. The first-order valence-electron chi connectivity index (χ1n) is 6.57. The third-order valence-corrected chi connectivity index (χ3v) is 3.49. The minimum absolute atomic E-state index is 0.165. The minimum atomic E-state index is -0.843. The van der Waals surface area contributed by atoms with Gasteiger partial charge in [0.05, 0.1) is 0 Å². The van der Waals surface area contributed by atoms with Crippen LogP contribution in [-0.2, 0) is 0 Å². The Balaban J connectivity index is 2.75. The second-order valence-electron chi connectivity index (χ2n) is 5.69. The fraction of sp³-hybridized carbons (Fsp3) is 0.533. The van der Waals surface area contributed by atoms with E-state index in [1.807, 2.05) is 13.8 Å². The molecule has 0 fully saturated rings. The van der Waals surface area contributed by atoms with E-state index < -0.39 is 23.1 Å². The van der Waals surface area contributed by atoms with Crippen LogP contribution in [0.5, 0.6) is 0 Å². The number of alkyl halides is 1. The second kappa shape index (κ2) is 7.02. The summed E-state index contributed by atoms with van der Waals surface area (Å²) in [5.41, 5.74) is -0.433. The number of nitrogens with one attached hydrogen (secondary N) is 1. The molecule has 0 aliphatic rings. The van der Waals surface area contributed by atoms with Gasteiger partial charge in [0.15, 0.2) is 0 Å². The van der Waals surface area contributed by atoms with Gasteiger partial charge in [-0.05, 0) is 36.8 Å². The molecule has 0 spiro atoms. The second-order valence-corrected chi connectivity index (χ2v) is 6.07. The van der Waals surface area contributed by atoms with Gasteiger partial charge >= 0.3 is 0 Å². The van der Waals surface area contributed by atoms with Crippen molar-refractivity contribution in [3.05, 3.63) is 34.9 Å². The van der Waals surface area contributed by atoms with Crippen LogP contribution in [-0.4, -0.2) is 18.3 Å². The van der Waals surface area contributed by atoms with Gasteiger partial charge in [-0.15, -0.1) is 11.6 Å². The number of hydrogen-bond donors (Lipinski definition) is 1. The van der Waals surface area contributed by atoms with Crippen molar-refractivity contribution in [1.29, 1.82) is 0 Å². The van der Waals surface area contributed by atoms with E-state index in [0.29, 0.717) is 12.4 Å². The first-order chi connectivity index (χ1) is 9.28. The molecular weight excluding hydrogens is 284 g/mol. The van der Waals surface area contributed by atoms with Gasteiger partial charge in [-0.1, -0.05) is 19.9 Å². The van der Waals surface area contributed by atoms with E-state index >= 15 is 0 Å². The first-order valence-corrected chi connectivity index (χ1v) is 7.11. The van der Waals surface area contributed by atoms with E-state index in [1.54, 1.807) is 0 Å². The topological polar surface area (TPSA) is 29.1 Å². The quantitative estimate of drug-likeness (QED) is 0.789. The van der Waals surface area contributed by atoms with Crippen LogP contribution < -0.4 is 5.32 Å². The van der Waals surface area contributed by atoms with Crippen LogP contribution in [0.2, 0.25) is 0 Å². The van der Waals surface area contributed by atoms with Crippen LogP contribution in [0, 0.1) is 24.0 Å². The Hall–Kier alpha value is -1.16. The number of carbonyl (C=O) groups is 1. The summed E-state index contributed by atoms with van der Waals surface area (Å²) < 4.78 is 27.4. The van der Waals surface area contributed by atoms with E-state index in [0.717, 1.165) is 18.9 Å². The largest absolute Gasteiger partial charge is 0.351 e. The number of halogens is 3. The molecule has 2 nitrogen and oxygen atoms in total. The number of aryl methyl sites for hydroxylation is 1. The molecule has 1 rings (SSSR count). The normalized spacial score (nSPS) is 11.5. The molecule has 0 atom stereocenters. The van der Waals surface area contributed by atoms with Crippen LogP contribution >= 0.6 is 11.6 Å². The highest BCUT2D eigenvalue weighted by molar-refractivity contribution is 6.17. The summed E-state index contributed by atoms with van der Waals surface area (Å²) in [5, 5.41) is 2.59. The lowest BCUT2D eigenvalue weighted by atomic mass is 9.88. The number of amides is 1. The Morgan fingerprint density at radius 3 is 2.60 bits per heavy atom. The molecular formula is C15H20ClF2NO. The van der Waals surface area contributed by atoms with Crippen LogP contribution in [0.15, 0.2) is 12.1 Å². The van der Waals surface area contributed by atoms with Crippen molar-refractivity contribution >= 4 is 17.5 Å². The van der Waals surface area contributed by atoms with Crippen LogP contribution in [0.4, 0.5) is 8.78 Å². The average Bonchev–Trinajstić information content (AvgIpc) is 2.39. The zero-order chi connectivity index (χ0) is 15.3. The summed E-state index contributed by atoms with van der Waals surface area (Å²) in [6.45, 7) is 5.79. The van der Waals surface area contributed by atoms with Gasteiger partial charge in [0.2, 0.25) is 0 Å². The van der Waals surface area contributed by atoms with Gasteiger partial charge in [-0.2, -0.15) is 0 Å². The van der Waals surface area contributed by atoms with Crippen molar-refractivity contribution in [3.8, 4) is 0 Å². The Morgan fingerprint density at radius 1 is 1.35 bits per heavy atom. The predicted octanol–water partition coefficient (Wildman–Crippen LogP) is 4.05. The van der Waals surface area contributed by atoms with E-state index in [-0.39, 0.29) is 11.0 Å². The van der Waals surface area contributed by atoms with Crippen molar-refractivity contribution in [2.45, 2.75) is 33.6 Å². The molecule has 112 valence electrons. The van der Waals surface area contributed by atoms with Crippen LogP contribution in [0.25, 0.3) is 0 Å². The summed E-state index contributed by atoms with van der Waals surface area (Å²) in [4.78, 5) is 11.9. The molecule has 0 unspecified atom stereocenters. The number of rotatable bonds is 6. The van der Waals surface area contributed by atoms with Gasteiger partial charge in [0.25, 0.3) is 5.91 Å². The Morgan fingerprint density at radius 2 is 2.00 bits per heavy atom. The molecule has 0 aliphatic carbocycles. The number of benzene rings is 1. The maximum Gasteiger partial charge on any atom is 0.257 e. The molecule has 0 saturated carbocycles. The summed E-state index contributed by atoms with van der Waals surface area (Å²) in [6, 6.07) is 2.41. The van der Waals surface area contributed by atoms with Gasteiger partial charge in [0, 0.05) is 12.4 Å². The fourth-order valence-electron chi connectivity index (χ4n) is 1.91. The van der Waals surface area contributed by atoms with E-state index in [9.17, 15) is 13.6 Å². The number of carbonyl (C=O) groups excluding carboxylic acids is 1. The monoisotopic (exact) mass is 303 g/mol. The van der Waals surface area contributed by atoms with Crippen molar-refractivity contribution < 1.29 is 13.6 Å². The Labute approximate surface area is 123 Å². The van der Waals surface area contributed by atoms with E-state index in [4.69, 9.17) is 11.6 Å². The maximum atomic E-state index is 13.8. The van der Waals surface area contributed by atoms with Gasteiger partial charge in [-0.25, -0.2) is 8.78 Å². The maximum absolute atomic E-state index is 13.8. The third-order valence-electron chi connectivity index (χ3n) is 3.23. The third kappa shape index (κ3) is 4.44. The highest BCUT2D eigenvalue weighted by atomic mass is 35.5. The van der Waals surface area contributed by atoms with Crippen molar-refractivity contribution in [2.75, 3.05) is 12.4 Å². The molecule has 1 N–H and O–H groups in total. The van der Waals surface area contributed by atoms with Crippen molar-refractivity contribution in [1.82, 2.24) is 5.32 Å². The van der Waals surface area contributed by atoms with Gasteiger partial charge < -0.3 is 5.32 Å². The summed E-state index contributed by atoms with van der Waals surface area (Å²) in [7, 11) is 0. The molecule has 1 aromatic carbocycles. The molecule has 0 aromatic heterocycles. The lowest BCUT2D eigenvalue weighted by Gasteiger charge is -2.24. The van der Waals surface area contributed by atoms with E-state index in [1.165, 1.54) is 13.0 Å².